The highest BCUT2D eigenvalue weighted by molar-refractivity contribution is 5.85. The van der Waals surface area contributed by atoms with Gasteiger partial charge in [-0.2, -0.15) is 5.26 Å². The molecule has 6 nitrogen and oxygen atoms in total. The summed E-state index contributed by atoms with van der Waals surface area (Å²) < 4.78 is 5.23. The van der Waals surface area contributed by atoms with E-state index in [2.05, 4.69) is 5.32 Å². The monoisotopic (exact) mass is 325 g/mol. The molecule has 0 fully saturated rings. The van der Waals surface area contributed by atoms with Gasteiger partial charge in [-0.15, -0.1) is 0 Å². The van der Waals surface area contributed by atoms with Crippen LogP contribution in [0.5, 0.6) is 0 Å². The van der Waals surface area contributed by atoms with Crippen LogP contribution in [0.3, 0.4) is 0 Å². The van der Waals surface area contributed by atoms with Crippen LogP contribution < -0.4 is 5.32 Å². The molecule has 0 bridgehead atoms. The van der Waals surface area contributed by atoms with Gasteiger partial charge < -0.3 is 14.6 Å². The van der Waals surface area contributed by atoms with Gasteiger partial charge in [0.1, 0.15) is 5.76 Å². The number of rotatable bonds is 8. The smallest absolute Gasteiger partial charge is 0.242 e. The molecule has 6 heteroatoms. The number of amides is 2. The third-order valence-corrected chi connectivity index (χ3v) is 3.42. The second-order valence-electron chi connectivity index (χ2n) is 5.24. The molecule has 124 valence electrons. The van der Waals surface area contributed by atoms with Crippen LogP contribution in [0.2, 0.25) is 0 Å². The van der Waals surface area contributed by atoms with Gasteiger partial charge in [-0.05, 0) is 17.7 Å². The molecule has 2 aromatic rings. The molecule has 2 rings (SSSR count). The summed E-state index contributed by atoms with van der Waals surface area (Å²) in [6.45, 7) is 0.477. The maximum absolute atomic E-state index is 12.3. The maximum atomic E-state index is 12.3. The van der Waals surface area contributed by atoms with Crippen molar-refractivity contribution in [3.8, 4) is 6.07 Å². The van der Waals surface area contributed by atoms with E-state index >= 15 is 0 Å². The molecule has 0 atom stereocenters. The summed E-state index contributed by atoms with van der Waals surface area (Å²) in [6.07, 6.45) is 1.98. The number of nitrogens with zero attached hydrogens (tertiary/aromatic N) is 2. The summed E-state index contributed by atoms with van der Waals surface area (Å²) in [5.41, 5.74) is 0.888. The van der Waals surface area contributed by atoms with Crippen LogP contribution in [0.1, 0.15) is 17.7 Å². The van der Waals surface area contributed by atoms with E-state index < -0.39 is 0 Å². The first-order chi connectivity index (χ1) is 11.7. The fourth-order valence-corrected chi connectivity index (χ4v) is 2.20. The van der Waals surface area contributed by atoms with Gasteiger partial charge in [-0.3, -0.25) is 9.59 Å². The van der Waals surface area contributed by atoms with Crippen molar-refractivity contribution in [1.82, 2.24) is 10.2 Å². The van der Waals surface area contributed by atoms with Crippen LogP contribution >= 0.6 is 0 Å². The van der Waals surface area contributed by atoms with Crippen LogP contribution in [-0.4, -0.2) is 29.8 Å². The number of benzene rings is 1. The summed E-state index contributed by atoms with van der Waals surface area (Å²) in [5, 5.41) is 11.3. The van der Waals surface area contributed by atoms with Gasteiger partial charge in [0.2, 0.25) is 11.8 Å². The predicted molar refractivity (Wildman–Crippen MR) is 87.5 cm³/mol. The molecule has 1 aromatic heterocycles. The Kier molecular flexibility index (Phi) is 6.59. The third-order valence-electron chi connectivity index (χ3n) is 3.42. The SMILES string of the molecule is N#CCCN(Cc1ccco1)C(=O)CNC(=O)Cc1ccccc1. The molecule has 1 heterocycles. The number of nitriles is 1. The molecule has 0 saturated heterocycles. The molecular formula is C18H19N3O3. The molecule has 0 aliphatic carbocycles. The molecule has 0 saturated carbocycles. The van der Waals surface area contributed by atoms with Gasteiger partial charge in [0, 0.05) is 6.54 Å². The van der Waals surface area contributed by atoms with Crippen molar-refractivity contribution in [3.05, 3.63) is 60.1 Å². The Balaban J connectivity index is 1.85. The lowest BCUT2D eigenvalue weighted by Gasteiger charge is -2.20. The molecule has 0 spiro atoms. The van der Waals surface area contributed by atoms with E-state index in [0.717, 1.165) is 5.56 Å². The predicted octanol–water partition coefficient (Wildman–Crippen LogP) is 1.88. The Morgan fingerprint density at radius 2 is 1.96 bits per heavy atom. The fourth-order valence-electron chi connectivity index (χ4n) is 2.20. The first kappa shape index (κ1) is 17.3. The van der Waals surface area contributed by atoms with E-state index in [-0.39, 0.29) is 37.7 Å². The molecule has 0 radical (unpaired) electrons. The van der Waals surface area contributed by atoms with Crippen LogP contribution in [0, 0.1) is 11.3 Å². The Labute approximate surface area is 140 Å². The lowest BCUT2D eigenvalue weighted by molar-refractivity contribution is -0.133. The molecular weight excluding hydrogens is 306 g/mol. The summed E-state index contributed by atoms with van der Waals surface area (Å²) in [5.74, 6) is 0.174. The van der Waals surface area contributed by atoms with Crippen molar-refractivity contribution >= 4 is 11.8 Å². The van der Waals surface area contributed by atoms with E-state index in [1.807, 2.05) is 36.4 Å². The van der Waals surface area contributed by atoms with Gasteiger partial charge in [0.15, 0.2) is 0 Å². The van der Waals surface area contributed by atoms with Gasteiger partial charge in [0.05, 0.1) is 38.3 Å². The number of carbonyl (C=O) groups excluding carboxylic acids is 2. The Morgan fingerprint density at radius 1 is 1.17 bits per heavy atom. The van der Waals surface area contributed by atoms with Crippen molar-refractivity contribution < 1.29 is 14.0 Å². The second kappa shape index (κ2) is 9.16. The molecule has 1 N–H and O–H groups in total. The Hall–Kier alpha value is -3.07. The molecule has 0 aliphatic heterocycles. The summed E-state index contributed by atoms with van der Waals surface area (Å²) in [6, 6.07) is 14.8. The standard InChI is InChI=1S/C18H19N3O3/c19-9-5-10-21(14-16-8-4-11-24-16)18(23)13-20-17(22)12-15-6-2-1-3-7-15/h1-4,6-8,11H,5,10,12-14H2,(H,20,22). The van der Waals surface area contributed by atoms with Crippen molar-refractivity contribution in [2.24, 2.45) is 0 Å². The topological polar surface area (TPSA) is 86.3 Å². The number of hydrogen-bond donors (Lipinski definition) is 1. The fraction of sp³-hybridized carbons (Fsp3) is 0.278. The third kappa shape index (κ3) is 5.61. The van der Waals surface area contributed by atoms with E-state index in [1.54, 1.807) is 12.1 Å². The zero-order valence-corrected chi connectivity index (χ0v) is 13.3. The number of furan rings is 1. The van der Waals surface area contributed by atoms with Crippen molar-refractivity contribution in [2.75, 3.05) is 13.1 Å². The van der Waals surface area contributed by atoms with E-state index in [4.69, 9.17) is 9.68 Å². The van der Waals surface area contributed by atoms with Gasteiger partial charge >= 0.3 is 0 Å². The summed E-state index contributed by atoms with van der Waals surface area (Å²) in [4.78, 5) is 25.7. The minimum absolute atomic E-state index is 0.0994. The summed E-state index contributed by atoms with van der Waals surface area (Å²) >= 11 is 0. The highest BCUT2D eigenvalue weighted by Crippen LogP contribution is 2.06. The van der Waals surface area contributed by atoms with Crippen molar-refractivity contribution in [1.29, 1.82) is 5.26 Å². The number of hydrogen-bond acceptors (Lipinski definition) is 4. The first-order valence-corrected chi connectivity index (χ1v) is 7.67. The van der Waals surface area contributed by atoms with Crippen molar-refractivity contribution in [2.45, 2.75) is 19.4 Å². The zero-order chi connectivity index (χ0) is 17.2. The number of carbonyl (C=O) groups is 2. The summed E-state index contributed by atoms with van der Waals surface area (Å²) in [7, 11) is 0. The Bertz CT molecular complexity index is 690. The van der Waals surface area contributed by atoms with Crippen LogP contribution in [0.15, 0.2) is 53.1 Å². The highest BCUT2D eigenvalue weighted by atomic mass is 16.3. The van der Waals surface area contributed by atoms with E-state index in [1.165, 1.54) is 11.2 Å². The number of nitrogens with one attached hydrogen (secondary N) is 1. The molecule has 1 aromatic carbocycles. The van der Waals surface area contributed by atoms with Crippen molar-refractivity contribution in [3.63, 3.8) is 0 Å². The Morgan fingerprint density at radius 3 is 2.62 bits per heavy atom. The van der Waals surface area contributed by atoms with Crippen LogP contribution in [-0.2, 0) is 22.6 Å². The van der Waals surface area contributed by atoms with Gasteiger partial charge in [-0.25, -0.2) is 0 Å². The van der Waals surface area contributed by atoms with Gasteiger partial charge in [-0.1, -0.05) is 30.3 Å². The molecule has 0 aliphatic rings. The van der Waals surface area contributed by atoms with Gasteiger partial charge in [0.25, 0.3) is 0 Å². The minimum atomic E-state index is -0.247. The normalized spacial score (nSPS) is 9.96. The van der Waals surface area contributed by atoms with E-state index in [9.17, 15) is 9.59 Å². The molecule has 2 amide bonds. The van der Waals surface area contributed by atoms with Crippen LogP contribution in [0.4, 0.5) is 0 Å². The second-order valence-corrected chi connectivity index (χ2v) is 5.24. The largest absolute Gasteiger partial charge is 0.467 e. The lowest BCUT2D eigenvalue weighted by atomic mass is 10.1. The van der Waals surface area contributed by atoms with E-state index in [0.29, 0.717) is 12.3 Å². The highest BCUT2D eigenvalue weighted by Gasteiger charge is 2.16. The molecule has 0 unspecified atom stereocenters. The first-order valence-electron chi connectivity index (χ1n) is 7.67. The lowest BCUT2D eigenvalue weighted by Crippen LogP contribution is -2.40. The zero-order valence-electron chi connectivity index (χ0n) is 13.3. The molecule has 24 heavy (non-hydrogen) atoms. The quantitative estimate of drug-likeness (QED) is 0.803. The average molecular weight is 325 g/mol. The maximum Gasteiger partial charge on any atom is 0.242 e. The van der Waals surface area contributed by atoms with Crippen LogP contribution in [0.25, 0.3) is 0 Å². The average Bonchev–Trinajstić information content (AvgIpc) is 3.10. The minimum Gasteiger partial charge on any atom is -0.467 e.